The number of nitriles is 2. The molecule has 3 N–H and O–H groups in total. The number of nitrogens with one attached hydrogen (secondary N) is 1. The van der Waals surface area contributed by atoms with Crippen molar-refractivity contribution in [2.75, 3.05) is 19.5 Å². The van der Waals surface area contributed by atoms with Crippen molar-refractivity contribution in [3.8, 4) is 34.8 Å². The minimum absolute atomic E-state index is 0.0423. The average Bonchev–Trinajstić information content (AvgIpc) is 2.55. The van der Waals surface area contributed by atoms with Gasteiger partial charge in [-0.3, -0.25) is 4.79 Å². The zero-order valence-corrected chi connectivity index (χ0v) is 13.7. The van der Waals surface area contributed by atoms with Crippen LogP contribution in [-0.4, -0.2) is 18.7 Å². The first-order valence-corrected chi connectivity index (χ1v) is 7.22. The first-order chi connectivity index (χ1) is 11.5. The molecule has 0 saturated carbocycles. The van der Waals surface area contributed by atoms with Crippen molar-refractivity contribution in [3.05, 3.63) is 38.6 Å². The van der Waals surface area contributed by atoms with E-state index in [-0.39, 0.29) is 33.1 Å². The Bertz CT molecular complexity index is 938. The van der Waals surface area contributed by atoms with E-state index in [1.165, 1.54) is 19.2 Å². The fraction of sp³-hybridized carbons (Fsp3) is 0.188. The Balaban J connectivity index is 2.90. The Labute approximate surface area is 142 Å². The number of nitrogens with two attached hydrogens (primary N) is 1. The number of aromatic nitrogens is 1. The second kappa shape index (κ2) is 6.95. The number of hydrogen-bond acceptors (Lipinski definition) is 6. The van der Waals surface area contributed by atoms with Gasteiger partial charge in [-0.1, -0.05) is 11.6 Å². The molecule has 0 amide bonds. The number of nitrogen functional groups attached to an aromatic ring is 1. The highest BCUT2D eigenvalue weighted by Gasteiger charge is 2.22. The molecule has 0 saturated heterocycles. The number of halogens is 1. The predicted molar refractivity (Wildman–Crippen MR) is 89.1 cm³/mol. The van der Waals surface area contributed by atoms with E-state index in [1.54, 1.807) is 13.0 Å². The maximum Gasteiger partial charge on any atom is 0.268 e. The molecule has 0 bridgehead atoms. The topological polar surface area (TPSA) is 125 Å². The standard InChI is InChI=1S/C16H13ClN4O3/c1-3-24-13-5-11(17)8(4-12(13)23-2)14-9(6-18)15(20)21-16(22)10(14)7-19/h4-5H,3H2,1-2H3,(H3,20,21,22). The lowest BCUT2D eigenvalue weighted by molar-refractivity contribution is 0.311. The predicted octanol–water partition coefficient (Wildman–Crippen LogP) is 2.43. The van der Waals surface area contributed by atoms with Crippen LogP contribution in [0.15, 0.2) is 16.9 Å². The van der Waals surface area contributed by atoms with Gasteiger partial charge in [0.1, 0.15) is 29.1 Å². The number of rotatable bonds is 4. The van der Waals surface area contributed by atoms with E-state index in [4.69, 9.17) is 26.8 Å². The van der Waals surface area contributed by atoms with Crippen molar-refractivity contribution in [1.29, 1.82) is 10.5 Å². The van der Waals surface area contributed by atoms with Crippen molar-refractivity contribution >= 4 is 17.4 Å². The molecule has 0 spiro atoms. The van der Waals surface area contributed by atoms with Crippen LogP contribution in [0.4, 0.5) is 5.82 Å². The van der Waals surface area contributed by atoms with Gasteiger partial charge in [-0.15, -0.1) is 0 Å². The van der Waals surface area contributed by atoms with Crippen LogP contribution >= 0.6 is 11.6 Å². The monoisotopic (exact) mass is 344 g/mol. The number of aromatic amines is 1. The van der Waals surface area contributed by atoms with Crippen LogP contribution in [0.5, 0.6) is 11.5 Å². The molecule has 0 aliphatic rings. The lowest BCUT2D eigenvalue weighted by atomic mass is 9.96. The molecule has 0 fully saturated rings. The molecule has 0 atom stereocenters. The van der Waals surface area contributed by atoms with Gasteiger partial charge in [0.2, 0.25) is 0 Å². The normalized spacial score (nSPS) is 9.88. The van der Waals surface area contributed by atoms with Crippen LogP contribution in [0.2, 0.25) is 5.02 Å². The van der Waals surface area contributed by atoms with Crippen molar-refractivity contribution in [3.63, 3.8) is 0 Å². The summed E-state index contributed by atoms with van der Waals surface area (Å²) in [4.78, 5) is 14.3. The summed E-state index contributed by atoms with van der Waals surface area (Å²) in [6.07, 6.45) is 0. The molecule has 0 aliphatic carbocycles. The highest BCUT2D eigenvalue weighted by molar-refractivity contribution is 6.33. The molecule has 0 radical (unpaired) electrons. The van der Waals surface area contributed by atoms with Crippen molar-refractivity contribution in [2.24, 2.45) is 0 Å². The number of ether oxygens (including phenoxy) is 2. The summed E-state index contributed by atoms with van der Waals surface area (Å²) < 4.78 is 10.7. The minimum Gasteiger partial charge on any atom is -0.493 e. The van der Waals surface area contributed by atoms with E-state index in [1.807, 2.05) is 6.07 Å². The molecular formula is C16H13ClN4O3. The molecular weight excluding hydrogens is 332 g/mol. The molecule has 1 aromatic carbocycles. The highest BCUT2D eigenvalue weighted by atomic mass is 35.5. The van der Waals surface area contributed by atoms with E-state index in [2.05, 4.69) is 4.98 Å². The molecule has 24 heavy (non-hydrogen) atoms. The first-order valence-electron chi connectivity index (χ1n) is 6.85. The zero-order valence-electron chi connectivity index (χ0n) is 12.9. The van der Waals surface area contributed by atoms with Crippen molar-refractivity contribution in [2.45, 2.75) is 6.92 Å². The third kappa shape index (κ3) is 2.85. The number of H-pyrrole nitrogens is 1. The third-order valence-electron chi connectivity index (χ3n) is 3.29. The lowest BCUT2D eigenvalue weighted by Gasteiger charge is -2.15. The van der Waals surface area contributed by atoms with Gasteiger partial charge in [-0.25, -0.2) is 0 Å². The van der Waals surface area contributed by atoms with Crippen LogP contribution in [0.25, 0.3) is 11.1 Å². The van der Waals surface area contributed by atoms with Gasteiger partial charge in [-0.2, -0.15) is 10.5 Å². The van der Waals surface area contributed by atoms with Crippen molar-refractivity contribution < 1.29 is 9.47 Å². The van der Waals surface area contributed by atoms with Gasteiger partial charge in [0.15, 0.2) is 11.5 Å². The molecule has 8 heteroatoms. The maximum absolute atomic E-state index is 12.0. The molecule has 0 aliphatic heterocycles. The van der Waals surface area contributed by atoms with Crippen LogP contribution in [0.3, 0.4) is 0 Å². The number of pyridine rings is 1. The summed E-state index contributed by atoms with van der Waals surface area (Å²) in [6, 6.07) is 6.68. The van der Waals surface area contributed by atoms with Crippen LogP contribution in [0, 0.1) is 22.7 Å². The van der Waals surface area contributed by atoms with Crippen LogP contribution in [0.1, 0.15) is 18.1 Å². The molecule has 7 nitrogen and oxygen atoms in total. The second-order valence-electron chi connectivity index (χ2n) is 4.63. The van der Waals surface area contributed by atoms with E-state index < -0.39 is 5.56 Å². The lowest BCUT2D eigenvalue weighted by Crippen LogP contribution is -2.16. The summed E-state index contributed by atoms with van der Waals surface area (Å²) in [5, 5.41) is 18.9. The summed E-state index contributed by atoms with van der Waals surface area (Å²) in [7, 11) is 1.44. The minimum atomic E-state index is -0.701. The summed E-state index contributed by atoms with van der Waals surface area (Å²) in [6.45, 7) is 2.21. The van der Waals surface area contributed by atoms with Gasteiger partial charge in [0.25, 0.3) is 5.56 Å². The molecule has 2 aromatic rings. The number of nitrogens with zero attached hydrogens (tertiary/aromatic N) is 2. The Morgan fingerprint density at radius 3 is 2.46 bits per heavy atom. The highest BCUT2D eigenvalue weighted by Crippen LogP contribution is 2.40. The fourth-order valence-corrected chi connectivity index (χ4v) is 2.52. The largest absolute Gasteiger partial charge is 0.493 e. The quantitative estimate of drug-likeness (QED) is 0.877. The summed E-state index contributed by atoms with van der Waals surface area (Å²) >= 11 is 6.28. The molecule has 122 valence electrons. The first kappa shape index (κ1) is 17.2. The number of anilines is 1. The van der Waals surface area contributed by atoms with E-state index >= 15 is 0 Å². The summed E-state index contributed by atoms with van der Waals surface area (Å²) in [5.41, 5.74) is 5.05. The van der Waals surface area contributed by atoms with Crippen LogP contribution in [-0.2, 0) is 0 Å². The number of benzene rings is 1. The van der Waals surface area contributed by atoms with Gasteiger partial charge >= 0.3 is 0 Å². The maximum atomic E-state index is 12.0. The fourth-order valence-electron chi connectivity index (χ4n) is 2.27. The Morgan fingerprint density at radius 1 is 1.25 bits per heavy atom. The Kier molecular flexibility index (Phi) is 4.98. The average molecular weight is 345 g/mol. The van der Waals surface area contributed by atoms with E-state index in [0.29, 0.717) is 18.1 Å². The molecule has 0 unspecified atom stereocenters. The number of methoxy groups -OCH3 is 1. The second-order valence-corrected chi connectivity index (χ2v) is 5.04. The molecule has 1 heterocycles. The molecule has 2 rings (SSSR count). The Hall–Kier alpha value is -3.16. The van der Waals surface area contributed by atoms with Crippen molar-refractivity contribution in [1.82, 2.24) is 4.98 Å². The summed E-state index contributed by atoms with van der Waals surface area (Å²) in [5.74, 6) is 0.617. The van der Waals surface area contributed by atoms with Gasteiger partial charge < -0.3 is 20.2 Å². The van der Waals surface area contributed by atoms with E-state index in [0.717, 1.165) is 0 Å². The van der Waals surface area contributed by atoms with Gasteiger partial charge in [0.05, 0.1) is 18.7 Å². The van der Waals surface area contributed by atoms with Gasteiger partial charge in [-0.05, 0) is 13.0 Å². The van der Waals surface area contributed by atoms with E-state index in [9.17, 15) is 15.3 Å². The van der Waals surface area contributed by atoms with Gasteiger partial charge in [0, 0.05) is 17.2 Å². The Morgan fingerprint density at radius 2 is 1.92 bits per heavy atom. The van der Waals surface area contributed by atoms with Crippen LogP contribution < -0.4 is 20.8 Å². The number of hydrogen-bond donors (Lipinski definition) is 2. The smallest absolute Gasteiger partial charge is 0.268 e. The third-order valence-corrected chi connectivity index (χ3v) is 3.60. The zero-order chi connectivity index (χ0) is 17.9. The SMILES string of the molecule is CCOc1cc(Cl)c(-c2c(C#N)c(N)[nH]c(=O)c2C#N)cc1OC. The molecule has 1 aromatic heterocycles.